The van der Waals surface area contributed by atoms with Crippen LogP contribution in [-0.4, -0.2) is 47.2 Å². The van der Waals surface area contributed by atoms with Gasteiger partial charge in [0.05, 0.1) is 18.8 Å². The van der Waals surface area contributed by atoms with E-state index in [-0.39, 0.29) is 31.0 Å². The lowest BCUT2D eigenvalue weighted by atomic mass is 9.89. The Morgan fingerprint density at radius 3 is 2.66 bits per heavy atom. The van der Waals surface area contributed by atoms with Crippen molar-refractivity contribution in [2.24, 2.45) is 11.8 Å². The van der Waals surface area contributed by atoms with Crippen molar-refractivity contribution >= 4 is 5.78 Å². The molecule has 178 valence electrons. The molecule has 3 N–H and O–H groups in total. The maximum Gasteiger partial charge on any atom is 0.266 e. The summed E-state index contributed by atoms with van der Waals surface area (Å²) in [6, 6.07) is 9.18. The number of carbonyl (C=O) groups is 1. The van der Waals surface area contributed by atoms with Gasteiger partial charge < -0.3 is 15.5 Å². The van der Waals surface area contributed by atoms with Crippen molar-refractivity contribution in [1.82, 2.24) is 5.32 Å². The summed E-state index contributed by atoms with van der Waals surface area (Å²) in [5.74, 6) is -3.58. The normalized spacial score (nSPS) is 24.0. The highest BCUT2D eigenvalue weighted by molar-refractivity contribution is 5.80. The number of nitrogens with one attached hydrogen (secondary N) is 1. The summed E-state index contributed by atoms with van der Waals surface area (Å²) in [6.45, 7) is 3.13. The van der Waals surface area contributed by atoms with Crippen LogP contribution in [0.15, 0.2) is 54.6 Å². The molecule has 32 heavy (non-hydrogen) atoms. The lowest BCUT2D eigenvalue weighted by Gasteiger charge is -2.20. The molecule has 4 nitrogen and oxygen atoms in total. The van der Waals surface area contributed by atoms with Crippen LogP contribution in [0.5, 0.6) is 0 Å². The van der Waals surface area contributed by atoms with E-state index in [0.717, 1.165) is 31.0 Å². The lowest BCUT2D eigenvalue weighted by molar-refractivity contribution is -0.118. The monoisotopic (exact) mass is 449 g/mol. The molecule has 1 aliphatic carbocycles. The van der Waals surface area contributed by atoms with Gasteiger partial charge in [-0.1, -0.05) is 55.5 Å². The number of aliphatic hydroxyl groups is 2. The van der Waals surface area contributed by atoms with E-state index in [9.17, 15) is 23.8 Å². The molecule has 0 aromatic heterocycles. The van der Waals surface area contributed by atoms with E-state index < -0.39 is 24.0 Å². The van der Waals surface area contributed by atoms with E-state index in [0.29, 0.717) is 19.4 Å². The van der Waals surface area contributed by atoms with Crippen LogP contribution in [0.1, 0.15) is 51.0 Å². The van der Waals surface area contributed by atoms with Crippen LogP contribution in [-0.2, 0) is 11.2 Å². The van der Waals surface area contributed by atoms with Crippen molar-refractivity contribution in [2.45, 2.75) is 70.0 Å². The van der Waals surface area contributed by atoms with E-state index in [1.165, 1.54) is 6.08 Å². The lowest BCUT2D eigenvalue weighted by Crippen LogP contribution is -2.22. The Hall–Kier alpha value is -1.89. The first-order chi connectivity index (χ1) is 15.3. The van der Waals surface area contributed by atoms with E-state index in [1.54, 1.807) is 0 Å². The number of benzene rings is 1. The third-order valence-corrected chi connectivity index (χ3v) is 6.04. The third-order valence-electron chi connectivity index (χ3n) is 6.04. The predicted molar refractivity (Wildman–Crippen MR) is 124 cm³/mol. The van der Waals surface area contributed by atoms with Gasteiger partial charge in [-0.25, -0.2) is 8.78 Å². The molecule has 1 aliphatic rings. The minimum atomic E-state index is -2.97. The molecule has 0 heterocycles. The molecule has 0 spiro atoms. The number of alkyl halides is 2. The number of halogens is 2. The van der Waals surface area contributed by atoms with Gasteiger partial charge in [-0.15, -0.1) is 0 Å². The maximum absolute atomic E-state index is 14.4. The summed E-state index contributed by atoms with van der Waals surface area (Å²) in [5.41, 5.74) is 0.864. The number of likely N-dealkylation sites (N-methyl/N-ethyl adjacent to an activating group) is 1. The van der Waals surface area contributed by atoms with Gasteiger partial charge in [0, 0.05) is 25.2 Å². The van der Waals surface area contributed by atoms with Crippen molar-refractivity contribution in [3.05, 3.63) is 60.2 Å². The van der Waals surface area contributed by atoms with Gasteiger partial charge in [0.1, 0.15) is 5.78 Å². The van der Waals surface area contributed by atoms with Crippen LogP contribution in [0.2, 0.25) is 0 Å². The molecule has 1 aromatic rings. The molecule has 0 radical (unpaired) electrons. The Bertz CT molecular complexity index is 736. The number of hydrogen-bond donors (Lipinski definition) is 3. The number of allylic oxidation sites excluding steroid dienone is 3. The van der Waals surface area contributed by atoms with Crippen molar-refractivity contribution in [3.63, 3.8) is 0 Å². The van der Waals surface area contributed by atoms with Gasteiger partial charge in [-0.05, 0) is 49.8 Å². The van der Waals surface area contributed by atoms with Gasteiger partial charge in [0.15, 0.2) is 0 Å². The average Bonchev–Trinajstić information content (AvgIpc) is 3.04. The molecular weight excluding hydrogens is 412 g/mol. The highest BCUT2D eigenvalue weighted by atomic mass is 19.3. The predicted octanol–water partition coefficient (Wildman–Crippen LogP) is 4.46. The summed E-state index contributed by atoms with van der Waals surface area (Å²) in [6.07, 6.45) is 7.35. The number of hydrogen-bond acceptors (Lipinski definition) is 4. The molecule has 0 bridgehead atoms. The van der Waals surface area contributed by atoms with Crippen molar-refractivity contribution in [2.75, 3.05) is 13.1 Å². The van der Waals surface area contributed by atoms with E-state index >= 15 is 0 Å². The van der Waals surface area contributed by atoms with Crippen molar-refractivity contribution < 1.29 is 23.8 Å². The molecule has 1 saturated carbocycles. The van der Waals surface area contributed by atoms with E-state index in [2.05, 4.69) is 5.32 Å². The van der Waals surface area contributed by atoms with Gasteiger partial charge in [-0.2, -0.15) is 0 Å². The van der Waals surface area contributed by atoms with Gasteiger partial charge >= 0.3 is 0 Å². The second-order valence-corrected chi connectivity index (χ2v) is 8.64. The fourth-order valence-electron chi connectivity index (χ4n) is 4.14. The SMILES string of the molecule is CCNCC(=O)CCCC=CCC1C(O)CC(O)C1C=CC(F)(F)CCc1ccccc1. The van der Waals surface area contributed by atoms with Crippen LogP contribution >= 0.6 is 0 Å². The number of unbranched alkanes of at least 4 members (excludes halogenated alkanes) is 1. The first-order valence-electron chi connectivity index (χ1n) is 11.7. The largest absolute Gasteiger partial charge is 0.393 e. The van der Waals surface area contributed by atoms with Crippen molar-refractivity contribution in [1.29, 1.82) is 0 Å². The quantitative estimate of drug-likeness (QED) is 0.290. The zero-order valence-corrected chi connectivity index (χ0v) is 18.9. The van der Waals surface area contributed by atoms with Gasteiger partial charge in [0.25, 0.3) is 5.92 Å². The second kappa shape index (κ2) is 13.6. The second-order valence-electron chi connectivity index (χ2n) is 8.64. The summed E-state index contributed by atoms with van der Waals surface area (Å²) >= 11 is 0. The van der Waals surface area contributed by atoms with E-state index in [4.69, 9.17) is 0 Å². The van der Waals surface area contributed by atoms with Crippen LogP contribution in [0.4, 0.5) is 8.78 Å². The zero-order valence-electron chi connectivity index (χ0n) is 18.9. The van der Waals surface area contributed by atoms with Crippen LogP contribution in [0.25, 0.3) is 0 Å². The molecule has 4 atom stereocenters. The molecule has 2 rings (SSSR count). The molecule has 0 aliphatic heterocycles. The van der Waals surface area contributed by atoms with Crippen LogP contribution in [0, 0.1) is 11.8 Å². The number of aryl methyl sites for hydroxylation is 1. The molecule has 4 unspecified atom stereocenters. The molecular formula is C26H37F2NO3. The first kappa shape index (κ1) is 26.4. The van der Waals surface area contributed by atoms with Gasteiger partial charge in [0.2, 0.25) is 0 Å². The summed E-state index contributed by atoms with van der Waals surface area (Å²) < 4.78 is 28.7. The fourth-order valence-corrected chi connectivity index (χ4v) is 4.14. The standard InChI is InChI=1S/C26H37F2NO3/c1-2-29-19-21(30)12-8-3-4-9-13-22-23(25(32)18-24(22)31)15-17-26(27,28)16-14-20-10-6-5-7-11-20/h4-7,9-11,15,17,22-25,29,31-32H,2-3,8,12-14,16,18-19H2,1H3. The number of Topliss-reactive ketones (excluding diaryl/α,β-unsaturated/α-hetero) is 1. The minimum absolute atomic E-state index is 0.188. The topological polar surface area (TPSA) is 69.6 Å². The average molecular weight is 450 g/mol. The van der Waals surface area contributed by atoms with Crippen molar-refractivity contribution in [3.8, 4) is 0 Å². The Balaban J connectivity index is 1.82. The number of ketones is 1. The molecule has 0 saturated heterocycles. The minimum Gasteiger partial charge on any atom is -0.393 e. The smallest absolute Gasteiger partial charge is 0.266 e. The highest BCUT2D eigenvalue weighted by Crippen LogP contribution is 2.37. The Kier molecular flexibility index (Phi) is 11.2. The summed E-state index contributed by atoms with van der Waals surface area (Å²) in [4.78, 5) is 11.6. The summed E-state index contributed by atoms with van der Waals surface area (Å²) in [7, 11) is 0. The van der Waals surface area contributed by atoms with Crippen LogP contribution < -0.4 is 5.32 Å². The third kappa shape index (κ3) is 9.31. The molecule has 0 amide bonds. The van der Waals surface area contributed by atoms with Crippen LogP contribution in [0.3, 0.4) is 0 Å². The Morgan fingerprint density at radius 2 is 1.94 bits per heavy atom. The zero-order chi connectivity index (χ0) is 23.4. The number of rotatable bonds is 14. The number of aliphatic hydroxyl groups excluding tert-OH is 2. The molecule has 1 fully saturated rings. The molecule has 6 heteroatoms. The first-order valence-corrected chi connectivity index (χ1v) is 11.7. The summed E-state index contributed by atoms with van der Waals surface area (Å²) in [5, 5.41) is 23.6. The highest BCUT2D eigenvalue weighted by Gasteiger charge is 2.40. The Labute approximate surface area is 190 Å². The Morgan fingerprint density at radius 1 is 1.19 bits per heavy atom. The van der Waals surface area contributed by atoms with E-state index in [1.807, 2.05) is 49.4 Å². The van der Waals surface area contributed by atoms with Gasteiger partial charge in [-0.3, -0.25) is 4.79 Å². The molecule has 1 aromatic carbocycles. The maximum atomic E-state index is 14.4. The number of carbonyl (C=O) groups excluding carboxylic acids is 1. The fraction of sp³-hybridized carbons (Fsp3) is 0.577.